The van der Waals surface area contributed by atoms with E-state index >= 15 is 0 Å². The first-order chi connectivity index (χ1) is 21.6. The molecule has 0 amide bonds. The third-order valence-corrected chi connectivity index (χ3v) is 8.43. The summed E-state index contributed by atoms with van der Waals surface area (Å²) in [6, 6.07) is 12.5. The van der Waals surface area contributed by atoms with Crippen LogP contribution >= 0.6 is 11.6 Å². The van der Waals surface area contributed by atoms with Crippen molar-refractivity contribution in [1.29, 1.82) is 0 Å². The normalized spacial score (nSPS) is 17.2. The second kappa shape index (κ2) is 14.2. The monoisotopic (exact) mass is 619 g/mol. The molecule has 13 heteroatoms. The molecule has 12 nitrogen and oxygen atoms in total. The first kappa shape index (κ1) is 30.0. The molecule has 1 atom stereocenters. The Morgan fingerprint density at radius 3 is 2.61 bits per heavy atom. The van der Waals surface area contributed by atoms with E-state index in [1.807, 2.05) is 25.1 Å². The smallest absolute Gasteiger partial charge is 0.227 e. The molecule has 0 saturated carbocycles. The van der Waals surface area contributed by atoms with Crippen molar-refractivity contribution in [2.24, 2.45) is 0 Å². The summed E-state index contributed by atoms with van der Waals surface area (Å²) in [4.78, 5) is 14.2. The van der Waals surface area contributed by atoms with Crippen LogP contribution in [0.15, 0.2) is 55.1 Å². The van der Waals surface area contributed by atoms with Crippen molar-refractivity contribution in [2.45, 2.75) is 44.9 Å². The van der Waals surface area contributed by atoms with Gasteiger partial charge < -0.3 is 24.4 Å². The first-order valence-electron chi connectivity index (χ1n) is 15.1. The zero-order valence-corrected chi connectivity index (χ0v) is 25.9. The van der Waals surface area contributed by atoms with E-state index in [1.165, 1.54) is 0 Å². The summed E-state index contributed by atoms with van der Waals surface area (Å²) in [5.74, 6) is 1.79. The van der Waals surface area contributed by atoms with Crippen molar-refractivity contribution in [3.8, 4) is 22.6 Å². The van der Waals surface area contributed by atoms with Crippen LogP contribution in [-0.2, 0) is 11.3 Å². The summed E-state index contributed by atoms with van der Waals surface area (Å²) in [5, 5.41) is 15.0. The van der Waals surface area contributed by atoms with Gasteiger partial charge in [0.25, 0.3) is 0 Å². The fraction of sp³-hybridized carbons (Fsp3) is 0.452. The molecule has 0 spiro atoms. The molecule has 2 aromatic carbocycles. The maximum atomic E-state index is 6.43. The van der Waals surface area contributed by atoms with Gasteiger partial charge in [-0.2, -0.15) is 0 Å². The molecule has 2 saturated heterocycles. The molecule has 1 N–H and O–H groups in total. The van der Waals surface area contributed by atoms with Crippen LogP contribution in [0.25, 0.3) is 11.1 Å². The van der Waals surface area contributed by atoms with Crippen LogP contribution in [0.2, 0.25) is 5.02 Å². The van der Waals surface area contributed by atoms with Crippen LogP contribution in [0.5, 0.6) is 11.5 Å². The number of nitrogens with zero attached hydrogens (tertiary/aromatic N) is 8. The molecule has 2 aliphatic heterocycles. The molecule has 0 bridgehead atoms. The van der Waals surface area contributed by atoms with Crippen molar-refractivity contribution < 1.29 is 14.2 Å². The van der Waals surface area contributed by atoms with Gasteiger partial charge in [-0.1, -0.05) is 17.7 Å². The fourth-order valence-electron chi connectivity index (χ4n) is 5.81. The predicted octanol–water partition coefficient (Wildman–Crippen LogP) is 4.69. The number of rotatable bonds is 10. The molecule has 4 aromatic rings. The summed E-state index contributed by atoms with van der Waals surface area (Å²) in [5.41, 5.74) is 3.69. The number of hydrogen-bond donors (Lipinski definition) is 1. The molecular formula is C31H38ClN9O3. The van der Waals surface area contributed by atoms with Crippen molar-refractivity contribution in [3.63, 3.8) is 0 Å². The van der Waals surface area contributed by atoms with Crippen LogP contribution in [0.1, 0.15) is 26.2 Å². The Balaban J connectivity index is 1.09. The minimum Gasteiger partial charge on any atom is -0.494 e. The maximum Gasteiger partial charge on any atom is 0.227 e. The number of aromatic nitrogens is 6. The predicted molar refractivity (Wildman–Crippen MR) is 169 cm³/mol. The summed E-state index contributed by atoms with van der Waals surface area (Å²) in [6.07, 6.45) is 8.31. The molecule has 2 aromatic heterocycles. The zero-order chi connectivity index (χ0) is 30.3. The van der Waals surface area contributed by atoms with Gasteiger partial charge in [0, 0.05) is 75.1 Å². The van der Waals surface area contributed by atoms with E-state index in [0.29, 0.717) is 29.3 Å². The Hall–Kier alpha value is -4.00. The molecule has 4 heterocycles. The number of anilines is 3. The zero-order valence-electron chi connectivity index (χ0n) is 25.1. The van der Waals surface area contributed by atoms with Gasteiger partial charge in [0.1, 0.15) is 23.9 Å². The summed E-state index contributed by atoms with van der Waals surface area (Å²) in [6.45, 7) is 8.40. The van der Waals surface area contributed by atoms with Crippen LogP contribution < -0.4 is 19.7 Å². The quantitative estimate of drug-likeness (QED) is 0.266. The lowest BCUT2D eigenvalue weighted by molar-refractivity contribution is 0.0365. The summed E-state index contributed by atoms with van der Waals surface area (Å²) >= 11 is 6.43. The Morgan fingerprint density at radius 1 is 1.00 bits per heavy atom. The molecule has 0 unspecified atom stereocenters. The second-order valence-electron chi connectivity index (χ2n) is 11.1. The van der Waals surface area contributed by atoms with E-state index in [9.17, 15) is 0 Å². The number of nitrogens with one attached hydrogen (secondary N) is 1. The average molecular weight is 620 g/mol. The van der Waals surface area contributed by atoms with Crippen LogP contribution in [0.4, 0.5) is 17.3 Å². The van der Waals surface area contributed by atoms with E-state index in [2.05, 4.69) is 52.7 Å². The number of benzene rings is 2. The van der Waals surface area contributed by atoms with Gasteiger partial charge in [0.05, 0.1) is 24.4 Å². The van der Waals surface area contributed by atoms with Gasteiger partial charge in [-0.25, -0.2) is 14.6 Å². The lowest BCUT2D eigenvalue weighted by atomic mass is 10.1. The second-order valence-corrected chi connectivity index (χ2v) is 11.5. The topological polar surface area (TPSA) is 116 Å². The van der Waals surface area contributed by atoms with E-state index in [0.717, 1.165) is 86.9 Å². The van der Waals surface area contributed by atoms with Crippen molar-refractivity contribution in [2.75, 3.05) is 56.7 Å². The minimum absolute atomic E-state index is 0.193. The molecule has 6 rings (SSSR count). The van der Waals surface area contributed by atoms with Gasteiger partial charge in [-0.15, -0.1) is 5.10 Å². The number of methoxy groups -OCH3 is 1. The highest BCUT2D eigenvalue weighted by Crippen LogP contribution is 2.34. The van der Waals surface area contributed by atoms with E-state index in [-0.39, 0.29) is 6.10 Å². The molecule has 0 aliphatic carbocycles. The van der Waals surface area contributed by atoms with Crippen molar-refractivity contribution in [1.82, 2.24) is 35.1 Å². The maximum absolute atomic E-state index is 6.43. The van der Waals surface area contributed by atoms with Gasteiger partial charge in [0.15, 0.2) is 0 Å². The van der Waals surface area contributed by atoms with Crippen LogP contribution in [0, 0.1) is 0 Å². The molecule has 2 fully saturated rings. The molecule has 0 radical (unpaired) electrons. The molecular weight excluding hydrogens is 582 g/mol. The largest absolute Gasteiger partial charge is 0.494 e. The highest BCUT2D eigenvalue weighted by atomic mass is 35.5. The minimum atomic E-state index is -0.193. The standard InChI is InChI=1S/C31H38ClN9O3/c1-22(20-41-21-35-37-38-41)44-29-16-23(4-6-27(29)32)24-18-33-31(34-19-24)36-28-7-5-26(17-30(28)42-2)40-11-3-10-39(12-13-40)25-8-14-43-15-9-25/h4-7,16-19,21-22,25H,3,8-15,20H2,1-2H3,(H,33,34,36)/t22-/m0/s1. The Morgan fingerprint density at radius 2 is 1.84 bits per heavy atom. The van der Waals surface area contributed by atoms with E-state index in [4.69, 9.17) is 25.8 Å². The number of ether oxygens (including phenoxy) is 3. The van der Waals surface area contributed by atoms with Crippen molar-refractivity contribution >= 4 is 28.9 Å². The molecule has 44 heavy (non-hydrogen) atoms. The lowest BCUT2D eigenvalue weighted by Crippen LogP contribution is -2.41. The van der Waals surface area contributed by atoms with E-state index < -0.39 is 0 Å². The van der Waals surface area contributed by atoms with Crippen molar-refractivity contribution in [3.05, 3.63) is 60.1 Å². The highest BCUT2D eigenvalue weighted by molar-refractivity contribution is 6.32. The Bertz CT molecular complexity index is 1500. The van der Waals surface area contributed by atoms with Crippen LogP contribution in [-0.4, -0.2) is 93.7 Å². The summed E-state index contributed by atoms with van der Waals surface area (Å²) < 4.78 is 19.0. The number of hydrogen-bond acceptors (Lipinski definition) is 11. The van der Waals surface area contributed by atoms with Gasteiger partial charge >= 0.3 is 0 Å². The lowest BCUT2D eigenvalue weighted by Gasteiger charge is -2.33. The molecule has 2 aliphatic rings. The SMILES string of the molecule is COc1cc(N2CCCN(C3CCOCC3)CC2)ccc1Nc1ncc(-c2ccc(Cl)c(O[C@@H](C)Cn3cnnn3)c2)cn1. The van der Waals surface area contributed by atoms with Crippen LogP contribution in [0.3, 0.4) is 0 Å². The third kappa shape index (κ3) is 7.37. The van der Waals surface area contributed by atoms with Gasteiger partial charge in [-0.3, -0.25) is 4.90 Å². The Kier molecular flexibility index (Phi) is 9.69. The van der Waals surface area contributed by atoms with Gasteiger partial charge in [0.2, 0.25) is 5.95 Å². The summed E-state index contributed by atoms with van der Waals surface area (Å²) in [7, 11) is 1.69. The highest BCUT2D eigenvalue weighted by Gasteiger charge is 2.24. The van der Waals surface area contributed by atoms with E-state index in [1.54, 1.807) is 36.6 Å². The third-order valence-electron chi connectivity index (χ3n) is 8.11. The van der Waals surface area contributed by atoms with Gasteiger partial charge in [-0.05, 0) is 66.4 Å². The fourth-order valence-corrected chi connectivity index (χ4v) is 5.97. The average Bonchev–Trinajstić information content (AvgIpc) is 3.44. The first-order valence-corrected chi connectivity index (χ1v) is 15.4. The molecule has 232 valence electrons. The Labute approximate surface area is 262 Å². The number of tetrazole rings is 1. The number of halogens is 1.